The zero-order chi connectivity index (χ0) is 14.8. The minimum Gasteiger partial charge on any atom is -0.326 e. The smallest absolute Gasteiger partial charge is 0.0178 e. The van der Waals surface area contributed by atoms with Gasteiger partial charge in [-0.15, -0.1) is 0 Å². The molecule has 0 aliphatic carbocycles. The molecule has 114 valence electrons. The van der Waals surface area contributed by atoms with Crippen LogP contribution in [-0.2, 0) is 12.0 Å². The van der Waals surface area contributed by atoms with Crippen LogP contribution in [0.25, 0.3) is 0 Å². The SMILES string of the molecule is CCCCCCC(C)(CCCC)c1ccc(CN)cc1. The minimum absolute atomic E-state index is 0.344. The van der Waals surface area contributed by atoms with Crippen LogP contribution in [0.1, 0.15) is 83.3 Å². The highest BCUT2D eigenvalue weighted by Gasteiger charge is 2.25. The highest BCUT2D eigenvalue weighted by Crippen LogP contribution is 2.35. The van der Waals surface area contributed by atoms with Crippen molar-refractivity contribution in [2.24, 2.45) is 5.73 Å². The molecule has 1 unspecified atom stereocenters. The van der Waals surface area contributed by atoms with Crippen LogP contribution in [0.4, 0.5) is 0 Å². The van der Waals surface area contributed by atoms with E-state index in [1.807, 2.05) is 0 Å². The van der Waals surface area contributed by atoms with Crippen LogP contribution in [-0.4, -0.2) is 0 Å². The second-order valence-corrected chi connectivity index (χ2v) is 6.38. The summed E-state index contributed by atoms with van der Waals surface area (Å²) in [6.07, 6.45) is 10.6. The van der Waals surface area contributed by atoms with Crippen molar-refractivity contribution in [3.63, 3.8) is 0 Å². The monoisotopic (exact) mass is 275 g/mol. The third-order valence-electron chi connectivity index (χ3n) is 4.55. The van der Waals surface area contributed by atoms with Gasteiger partial charge < -0.3 is 5.73 Å². The van der Waals surface area contributed by atoms with Crippen LogP contribution in [0.2, 0.25) is 0 Å². The fraction of sp³-hybridized carbons (Fsp3) is 0.684. The maximum absolute atomic E-state index is 5.70. The van der Waals surface area contributed by atoms with Crippen molar-refractivity contribution in [3.05, 3.63) is 35.4 Å². The predicted molar refractivity (Wildman–Crippen MR) is 90.0 cm³/mol. The molecule has 0 saturated heterocycles. The van der Waals surface area contributed by atoms with E-state index in [0.29, 0.717) is 12.0 Å². The van der Waals surface area contributed by atoms with E-state index in [-0.39, 0.29) is 0 Å². The van der Waals surface area contributed by atoms with Gasteiger partial charge in [0, 0.05) is 6.54 Å². The zero-order valence-electron chi connectivity index (χ0n) is 13.8. The molecule has 0 radical (unpaired) electrons. The Morgan fingerprint density at radius 3 is 2.00 bits per heavy atom. The Balaban J connectivity index is 2.73. The maximum Gasteiger partial charge on any atom is 0.0178 e. The summed E-state index contributed by atoms with van der Waals surface area (Å²) in [5.74, 6) is 0. The third-order valence-corrected chi connectivity index (χ3v) is 4.55. The maximum atomic E-state index is 5.70. The lowest BCUT2D eigenvalue weighted by molar-refractivity contribution is 0.369. The standard InChI is InChI=1S/C19H33N/c1-4-6-8-9-15-19(3,14-7-5-2)18-12-10-17(16-20)11-13-18/h10-13H,4-9,14-16,20H2,1-3H3. The van der Waals surface area contributed by atoms with Crippen LogP contribution in [0.15, 0.2) is 24.3 Å². The Kier molecular flexibility index (Phi) is 7.91. The molecule has 0 heterocycles. The van der Waals surface area contributed by atoms with Gasteiger partial charge >= 0.3 is 0 Å². The molecule has 0 fully saturated rings. The van der Waals surface area contributed by atoms with E-state index < -0.39 is 0 Å². The number of rotatable bonds is 10. The largest absolute Gasteiger partial charge is 0.326 e. The number of nitrogens with two attached hydrogens (primary N) is 1. The van der Waals surface area contributed by atoms with E-state index in [4.69, 9.17) is 5.73 Å². The minimum atomic E-state index is 0.344. The van der Waals surface area contributed by atoms with E-state index >= 15 is 0 Å². The highest BCUT2D eigenvalue weighted by atomic mass is 14.5. The summed E-state index contributed by atoms with van der Waals surface area (Å²) in [5, 5.41) is 0. The molecule has 0 aliphatic heterocycles. The molecule has 1 rings (SSSR count). The first kappa shape index (κ1) is 17.2. The second-order valence-electron chi connectivity index (χ2n) is 6.38. The molecular formula is C19H33N. The Labute approximate surface area is 126 Å². The molecule has 0 amide bonds. The first-order valence-corrected chi connectivity index (χ1v) is 8.45. The molecule has 1 heteroatoms. The summed E-state index contributed by atoms with van der Waals surface area (Å²) in [4.78, 5) is 0. The molecule has 0 bridgehead atoms. The average molecular weight is 275 g/mol. The first-order valence-electron chi connectivity index (χ1n) is 8.45. The van der Waals surface area contributed by atoms with Gasteiger partial charge in [0.05, 0.1) is 0 Å². The van der Waals surface area contributed by atoms with Crippen molar-refractivity contribution in [2.45, 2.75) is 84.1 Å². The fourth-order valence-corrected chi connectivity index (χ4v) is 2.97. The van der Waals surface area contributed by atoms with Crippen molar-refractivity contribution < 1.29 is 0 Å². The first-order chi connectivity index (χ1) is 9.66. The van der Waals surface area contributed by atoms with E-state index in [9.17, 15) is 0 Å². The van der Waals surface area contributed by atoms with Gasteiger partial charge in [-0.05, 0) is 29.4 Å². The van der Waals surface area contributed by atoms with Crippen LogP contribution >= 0.6 is 0 Å². The summed E-state index contributed by atoms with van der Waals surface area (Å²) in [6.45, 7) is 7.66. The second kappa shape index (κ2) is 9.18. The summed E-state index contributed by atoms with van der Waals surface area (Å²) in [6, 6.07) is 9.01. The van der Waals surface area contributed by atoms with E-state index in [2.05, 4.69) is 45.0 Å². The molecule has 1 aromatic carbocycles. The molecule has 1 aromatic rings. The van der Waals surface area contributed by atoms with E-state index in [1.165, 1.54) is 62.5 Å². The van der Waals surface area contributed by atoms with Gasteiger partial charge in [0.2, 0.25) is 0 Å². The molecular weight excluding hydrogens is 242 g/mol. The van der Waals surface area contributed by atoms with Gasteiger partial charge in [-0.1, -0.05) is 83.6 Å². The molecule has 1 nitrogen and oxygen atoms in total. The van der Waals surface area contributed by atoms with Crippen molar-refractivity contribution in [2.75, 3.05) is 0 Å². The lowest BCUT2D eigenvalue weighted by atomic mass is 9.74. The fourth-order valence-electron chi connectivity index (χ4n) is 2.97. The summed E-state index contributed by atoms with van der Waals surface area (Å²) in [5.41, 5.74) is 8.78. The van der Waals surface area contributed by atoms with Gasteiger partial charge in [0.1, 0.15) is 0 Å². The van der Waals surface area contributed by atoms with Gasteiger partial charge in [0.15, 0.2) is 0 Å². The molecule has 0 aromatic heterocycles. The Hall–Kier alpha value is -0.820. The number of unbranched alkanes of at least 4 members (excludes halogenated alkanes) is 4. The van der Waals surface area contributed by atoms with Crippen molar-refractivity contribution >= 4 is 0 Å². The quantitative estimate of drug-likeness (QED) is 0.555. The summed E-state index contributed by atoms with van der Waals surface area (Å²) < 4.78 is 0. The van der Waals surface area contributed by atoms with Gasteiger partial charge in [0.25, 0.3) is 0 Å². The van der Waals surface area contributed by atoms with Gasteiger partial charge in [-0.2, -0.15) is 0 Å². The molecule has 0 spiro atoms. The molecule has 0 aliphatic rings. The van der Waals surface area contributed by atoms with Gasteiger partial charge in [-0.3, -0.25) is 0 Å². The zero-order valence-corrected chi connectivity index (χ0v) is 13.8. The number of benzene rings is 1. The normalized spacial score (nSPS) is 14.2. The molecule has 1 atom stereocenters. The summed E-state index contributed by atoms with van der Waals surface area (Å²) >= 11 is 0. The van der Waals surface area contributed by atoms with Crippen LogP contribution in [0, 0.1) is 0 Å². The van der Waals surface area contributed by atoms with Crippen LogP contribution in [0.5, 0.6) is 0 Å². The summed E-state index contributed by atoms with van der Waals surface area (Å²) in [7, 11) is 0. The van der Waals surface area contributed by atoms with E-state index in [1.54, 1.807) is 0 Å². The average Bonchev–Trinajstić information content (AvgIpc) is 2.50. The van der Waals surface area contributed by atoms with E-state index in [0.717, 1.165) is 0 Å². The molecule has 0 saturated carbocycles. The highest BCUT2D eigenvalue weighted by molar-refractivity contribution is 5.28. The number of hydrogen-bond acceptors (Lipinski definition) is 1. The Morgan fingerprint density at radius 2 is 1.45 bits per heavy atom. The van der Waals surface area contributed by atoms with Crippen molar-refractivity contribution in [1.29, 1.82) is 0 Å². The molecule has 20 heavy (non-hydrogen) atoms. The predicted octanol–water partition coefficient (Wildman–Crippen LogP) is 5.56. The van der Waals surface area contributed by atoms with Crippen molar-refractivity contribution in [3.8, 4) is 0 Å². The molecule has 2 N–H and O–H groups in total. The van der Waals surface area contributed by atoms with Gasteiger partial charge in [-0.25, -0.2) is 0 Å². The topological polar surface area (TPSA) is 26.0 Å². The van der Waals surface area contributed by atoms with Crippen molar-refractivity contribution in [1.82, 2.24) is 0 Å². The third kappa shape index (κ3) is 5.28. The lowest BCUT2D eigenvalue weighted by Gasteiger charge is -2.31. The number of hydrogen-bond donors (Lipinski definition) is 1. The lowest BCUT2D eigenvalue weighted by Crippen LogP contribution is -2.22. The van der Waals surface area contributed by atoms with Crippen LogP contribution < -0.4 is 5.73 Å². The Bertz CT molecular complexity index is 355. The Morgan fingerprint density at radius 1 is 0.850 bits per heavy atom. The van der Waals surface area contributed by atoms with Crippen LogP contribution in [0.3, 0.4) is 0 Å².